The molecule has 0 saturated heterocycles. The third-order valence-electron chi connectivity index (χ3n) is 9.40. The minimum absolute atomic E-state index is 0.00574. The first-order valence-electron chi connectivity index (χ1n) is 18.1. The van der Waals surface area contributed by atoms with Crippen molar-refractivity contribution in [2.24, 2.45) is 0 Å². The number of aliphatic hydroxyl groups is 1. The van der Waals surface area contributed by atoms with E-state index in [0.717, 1.165) is 15.6 Å². The normalized spacial score (nSPS) is 21.5. The van der Waals surface area contributed by atoms with Gasteiger partial charge in [-0.1, -0.05) is 91.0 Å². The van der Waals surface area contributed by atoms with E-state index in [-0.39, 0.29) is 31.4 Å². The van der Waals surface area contributed by atoms with Crippen LogP contribution in [0.3, 0.4) is 0 Å². The molecule has 14 heteroatoms. The fourth-order valence-electron chi connectivity index (χ4n) is 6.43. The molecule has 0 aliphatic carbocycles. The number of hydrogen-bond acceptors (Lipinski definition) is 8. The highest BCUT2D eigenvalue weighted by atomic mass is 32.1. The number of carbonyl (C=O) groups excluding carboxylic acids is 5. The van der Waals surface area contributed by atoms with Crippen molar-refractivity contribution in [2.75, 3.05) is 5.32 Å². The van der Waals surface area contributed by atoms with Gasteiger partial charge in [0.05, 0.1) is 6.42 Å². The Morgan fingerprint density at radius 2 is 1.23 bits per heavy atom. The van der Waals surface area contributed by atoms with Gasteiger partial charge >= 0.3 is 5.97 Å². The Balaban J connectivity index is 1.37. The van der Waals surface area contributed by atoms with Crippen molar-refractivity contribution in [3.05, 3.63) is 136 Å². The summed E-state index contributed by atoms with van der Waals surface area (Å²) in [7, 11) is 0. The van der Waals surface area contributed by atoms with E-state index in [4.69, 9.17) is 0 Å². The van der Waals surface area contributed by atoms with Crippen LogP contribution in [-0.2, 0) is 54.5 Å². The lowest BCUT2D eigenvalue weighted by Crippen LogP contribution is -2.59. The molecular formula is C42H41N5O8S. The van der Waals surface area contributed by atoms with Crippen LogP contribution in [0.25, 0.3) is 10.8 Å². The van der Waals surface area contributed by atoms with E-state index >= 15 is 0 Å². The van der Waals surface area contributed by atoms with E-state index in [1.807, 2.05) is 47.8 Å². The first kappa shape index (κ1) is 39.3. The Bertz CT molecular complexity index is 2200. The van der Waals surface area contributed by atoms with Crippen molar-refractivity contribution < 1.29 is 39.0 Å². The summed E-state index contributed by atoms with van der Waals surface area (Å²) in [5, 5.41) is 37.8. The first-order valence-corrected chi connectivity index (χ1v) is 18.9. The highest BCUT2D eigenvalue weighted by Gasteiger charge is 2.33. The van der Waals surface area contributed by atoms with E-state index in [1.54, 1.807) is 54.6 Å². The quantitative estimate of drug-likeness (QED) is 0.122. The summed E-state index contributed by atoms with van der Waals surface area (Å²) < 4.78 is 0. The van der Waals surface area contributed by atoms with Crippen LogP contribution in [0.1, 0.15) is 28.0 Å². The Morgan fingerprint density at radius 1 is 0.607 bits per heavy atom. The van der Waals surface area contributed by atoms with Gasteiger partial charge in [0, 0.05) is 36.2 Å². The van der Waals surface area contributed by atoms with Crippen molar-refractivity contribution in [1.82, 2.24) is 21.3 Å². The van der Waals surface area contributed by atoms with Crippen LogP contribution in [0.4, 0.5) is 5.69 Å². The standard InChI is InChI=1S/C42H41N5O8S/c48-36-24-37(49)44-34(23-31-11-6-18-56-31)40(52)46-33(22-27-12-15-28-9-4-5-10-29(28)19-27)38(50)45-32(20-25-7-2-1-3-8-25)39(51)47-35(42(54)55)21-26-13-16-30(17-14-26)43-41(36)53/h1-19,32-36,48H,20-24H2,(H,43,53)(H,44,49)(H,45,50)(H,46,52)(H,47,51)(H,54,55). The van der Waals surface area contributed by atoms with Gasteiger partial charge in [-0.05, 0) is 51.0 Å². The maximum Gasteiger partial charge on any atom is 0.326 e. The maximum absolute atomic E-state index is 14.4. The lowest BCUT2D eigenvalue weighted by Gasteiger charge is -2.26. The fraction of sp³-hybridized carbons (Fsp3) is 0.238. The SMILES string of the molecule is O=C1CC(O)C(=O)Nc2ccc(cc2)CC(C(=O)O)NC(=O)C(Cc2ccccc2)NC(=O)C(Cc2ccc3ccccc3c2)NC(=O)C(Cc2cccs2)N1. The number of carbonyl (C=O) groups is 6. The Hall–Kier alpha value is -6.38. The van der Waals surface area contributed by atoms with Crippen molar-refractivity contribution in [3.8, 4) is 0 Å². The number of amides is 5. The van der Waals surface area contributed by atoms with Gasteiger partial charge in [-0.15, -0.1) is 11.3 Å². The smallest absolute Gasteiger partial charge is 0.326 e. The number of aliphatic hydroxyl groups excluding tert-OH is 1. The van der Waals surface area contributed by atoms with E-state index in [1.165, 1.54) is 23.5 Å². The highest BCUT2D eigenvalue weighted by molar-refractivity contribution is 7.09. The zero-order valence-corrected chi connectivity index (χ0v) is 31.0. The summed E-state index contributed by atoms with van der Waals surface area (Å²) in [6, 6.07) is 26.7. The molecule has 5 atom stereocenters. The molecule has 0 radical (unpaired) electrons. The van der Waals surface area contributed by atoms with E-state index < -0.39 is 72.2 Å². The fourth-order valence-corrected chi connectivity index (χ4v) is 7.18. The molecule has 3 heterocycles. The number of hydrogen-bond donors (Lipinski definition) is 7. The third-order valence-corrected chi connectivity index (χ3v) is 10.3. The Kier molecular flexibility index (Phi) is 12.8. The Labute approximate surface area is 326 Å². The molecule has 7 N–H and O–H groups in total. The minimum Gasteiger partial charge on any atom is -0.480 e. The van der Waals surface area contributed by atoms with Gasteiger partial charge in [0.2, 0.25) is 23.6 Å². The molecule has 5 aromatic rings. The van der Waals surface area contributed by atoms with Crippen LogP contribution in [0, 0.1) is 0 Å². The van der Waals surface area contributed by atoms with Gasteiger partial charge in [0.25, 0.3) is 5.91 Å². The lowest BCUT2D eigenvalue weighted by molar-refractivity contribution is -0.142. The number of aliphatic carboxylic acids is 1. The summed E-state index contributed by atoms with van der Waals surface area (Å²) in [5.74, 6) is -5.14. The van der Waals surface area contributed by atoms with Crippen molar-refractivity contribution in [3.63, 3.8) is 0 Å². The van der Waals surface area contributed by atoms with Gasteiger partial charge < -0.3 is 36.8 Å². The van der Waals surface area contributed by atoms with E-state index in [0.29, 0.717) is 16.7 Å². The van der Waals surface area contributed by atoms with Crippen molar-refractivity contribution in [2.45, 2.75) is 62.4 Å². The molecule has 288 valence electrons. The topological polar surface area (TPSA) is 203 Å². The van der Waals surface area contributed by atoms with Gasteiger partial charge in [-0.25, -0.2) is 4.79 Å². The molecule has 0 saturated carbocycles. The maximum atomic E-state index is 14.4. The molecule has 0 fully saturated rings. The molecule has 5 unspecified atom stereocenters. The van der Waals surface area contributed by atoms with Gasteiger partial charge in [0.15, 0.2) is 0 Å². The van der Waals surface area contributed by atoms with Gasteiger partial charge in [-0.3, -0.25) is 24.0 Å². The van der Waals surface area contributed by atoms with Crippen LogP contribution in [-0.4, -0.2) is 76.0 Å². The van der Waals surface area contributed by atoms with E-state index in [2.05, 4.69) is 26.6 Å². The number of anilines is 1. The van der Waals surface area contributed by atoms with Gasteiger partial charge in [-0.2, -0.15) is 0 Å². The third kappa shape index (κ3) is 10.6. The molecule has 1 aromatic heterocycles. The zero-order chi connectivity index (χ0) is 39.6. The highest BCUT2D eigenvalue weighted by Crippen LogP contribution is 2.19. The molecule has 56 heavy (non-hydrogen) atoms. The lowest BCUT2D eigenvalue weighted by atomic mass is 9.99. The molecular weight excluding hydrogens is 735 g/mol. The molecule has 0 spiro atoms. The average molecular weight is 776 g/mol. The molecule has 2 aliphatic rings. The molecule has 2 aliphatic heterocycles. The van der Waals surface area contributed by atoms with Crippen LogP contribution >= 0.6 is 11.3 Å². The van der Waals surface area contributed by atoms with Crippen molar-refractivity contribution >= 4 is 63.3 Å². The number of carboxylic acid groups (broad SMARTS) is 1. The number of rotatable bonds is 7. The minimum atomic E-state index is -1.77. The summed E-state index contributed by atoms with van der Waals surface area (Å²) in [6.07, 6.45) is -2.51. The number of benzene rings is 4. The summed E-state index contributed by atoms with van der Waals surface area (Å²) in [5.41, 5.74) is 2.18. The van der Waals surface area contributed by atoms with Crippen LogP contribution in [0.2, 0.25) is 0 Å². The molecule has 5 amide bonds. The second-order valence-electron chi connectivity index (χ2n) is 13.6. The number of thiophene rings is 1. The molecule has 13 nitrogen and oxygen atoms in total. The Morgan fingerprint density at radius 3 is 1.89 bits per heavy atom. The number of nitrogens with one attached hydrogen (secondary N) is 5. The predicted octanol–water partition coefficient (Wildman–Crippen LogP) is 2.90. The largest absolute Gasteiger partial charge is 0.480 e. The number of carboxylic acids is 1. The molecule has 4 aromatic carbocycles. The van der Waals surface area contributed by atoms with E-state index in [9.17, 15) is 39.0 Å². The van der Waals surface area contributed by atoms with Crippen LogP contribution in [0.15, 0.2) is 115 Å². The molecule has 2 bridgehead atoms. The number of fused-ring (bicyclic) bond motifs is 19. The second-order valence-corrected chi connectivity index (χ2v) is 14.6. The van der Waals surface area contributed by atoms with Crippen LogP contribution < -0.4 is 26.6 Å². The van der Waals surface area contributed by atoms with Crippen molar-refractivity contribution in [1.29, 1.82) is 0 Å². The van der Waals surface area contributed by atoms with Gasteiger partial charge in [0.1, 0.15) is 30.3 Å². The summed E-state index contributed by atoms with van der Waals surface area (Å²) in [6.45, 7) is 0. The monoisotopic (exact) mass is 775 g/mol. The zero-order valence-electron chi connectivity index (χ0n) is 30.1. The molecule has 7 rings (SSSR count). The average Bonchev–Trinajstić information content (AvgIpc) is 3.70. The second kappa shape index (κ2) is 18.3. The summed E-state index contributed by atoms with van der Waals surface area (Å²) in [4.78, 5) is 81.8. The summed E-state index contributed by atoms with van der Waals surface area (Å²) >= 11 is 1.36. The van der Waals surface area contributed by atoms with Crippen LogP contribution in [0.5, 0.6) is 0 Å². The first-order chi connectivity index (χ1) is 27.0. The predicted molar refractivity (Wildman–Crippen MR) is 211 cm³/mol.